The second-order valence-electron chi connectivity index (χ2n) is 4.44. The summed E-state index contributed by atoms with van der Waals surface area (Å²) >= 11 is 5.96. The van der Waals surface area contributed by atoms with E-state index in [4.69, 9.17) is 16.3 Å². The summed E-state index contributed by atoms with van der Waals surface area (Å²) in [7, 11) is 0. The van der Waals surface area contributed by atoms with E-state index >= 15 is 0 Å². The lowest BCUT2D eigenvalue weighted by Gasteiger charge is -2.14. The van der Waals surface area contributed by atoms with Gasteiger partial charge in [-0.1, -0.05) is 11.6 Å². The lowest BCUT2D eigenvalue weighted by molar-refractivity contribution is 0.242. The van der Waals surface area contributed by atoms with Crippen molar-refractivity contribution in [2.24, 2.45) is 0 Å². The molecule has 5 heteroatoms. The fourth-order valence-electron chi connectivity index (χ4n) is 1.62. The van der Waals surface area contributed by atoms with Gasteiger partial charge in [0.25, 0.3) is 0 Å². The first kappa shape index (κ1) is 13.7. The van der Waals surface area contributed by atoms with E-state index in [9.17, 15) is 4.39 Å². The SMILES string of the molecule is Cc1ncc(-c2ccc(F)cc2OC(C)C)nc1Cl. The van der Waals surface area contributed by atoms with Crippen molar-refractivity contribution >= 4 is 11.6 Å². The maximum atomic E-state index is 13.3. The molecule has 0 atom stereocenters. The Morgan fingerprint density at radius 1 is 1.32 bits per heavy atom. The summed E-state index contributed by atoms with van der Waals surface area (Å²) in [4.78, 5) is 8.40. The minimum Gasteiger partial charge on any atom is -0.490 e. The van der Waals surface area contributed by atoms with Crippen LogP contribution in [0.5, 0.6) is 5.75 Å². The van der Waals surface area contributed by atoms with Gasteiger partial charge in [-0.15, -0.1) is 0 Å². The van der Waals surface area contributed by atoms with E-state index in [1.807, 2.05) is 13.8 Å². The summed E-state index contributed by atoms with van der Waals surface area (Å²) in [6.45, 7) is 5.53. The van der Waals surface area contributed by atoms with Crippen molar-refractivity contribution in [3.8, 4) is 17.0 Å². The number of benzene rings is 1. The molecule has 1 aromatic carbocycles. The highest BCUT2D eigenvalue weighted by atomic mass is 35.5. The highest BCUT2D eigenvalue weighted by Crippen LogP contribution is 2.30. The van der Waals surface area contributed by atoms with Gasteiger partial charge in [-0.2, -0.15) is 0 Å². The first-order chi connectivity index (χ1) is 8.97. The Morgan fingerprint density at radius 3 is 2.68 bits per heavy atom. The van der Waals surface area contributed by atoms with E-state index < -0.39 is 0 Å². The van der Waals surface area contributed by atoms with Crippen molar-refractivity contribution in [3.63, 3.8) is 0 Å². The minimum absolute atomic E-state index is 0.0607. The van der Waals surface area contributed by atoms with Gasteiger partial charge < -0.3 is 4.74 Å². The van der Waals surface area contributed by atoms with Crippen LogP contribution in [0.3, 0.4) is 0 Å². The lowest BCUT2D eigenvalue weighted by Crippen LogP contribution is -2.07. The number of hydrogen-bond acceptors (Lipinski definition) is 3. The summed E-state index contributed by atoms with van der Waals surface area (Å²) < 4.78 is 18.9. The molecule has 0 aliphatic rings. The van der Waals surface area contributed by atoms with Crippen LogP contribution in [0.15, 0.2) is 24.4 Å². The van der Waals surface area contributed by atoms with Gasteiger partial charge >= 0.3 is 0 Å². The molecule has 0 N–H and O–H groups in total. The quantitative estimate of drug-likeness (QED) is 0.851. The van der Waals surface area contributed by atoms with Crippen LogP contribution in [0.1, 0.15) is 19.5 Å². The molecule has 0 fully saturated rings. The highest BCUT2D eigenvalue weighted by Gasteiger charge is 2.12. The number of hydrogen-bond donors (Lipinski definition) is 0. The molecule has 1 aromatic heterocycles. The molecule has 2 rings (SSSR count). The van der Waals surface area contributed by atoms with Crippen LogP contribution >= 0.6 is 11.6 Å². The molecular formula is C14H14ClFN2O. The van der Waals surface area contributed by atoms with Crippen molar-refractivity contribution in [3.05, 3.63) is 41.1 Å². The van der Waals surface area contributed by atoms with Gasteiger partial charge in [-0.3, -0.25) is 4.98 Å². The van der Waals surface area contributed by atoms with Crippen LogP contribution < -0.4 is 4.74 Å². The molecule has 100 valence electrons. The van der Waals surface area contributed by atoms with Crippen LogP contribution in [-0.2, 0) is 0 Å². The topological polar surface area (TPSA) is 35.0 Å². The Balaban J connectivity index is 2.51. The summed E-state index contributed by atoms with van der Waals surface area (Å²) in [5.74, 6) is 0.0785. The fourth-order valence-corrected chi connectivity index (χ4v) is 1.76. The van der Waals surface area contributed by atoms with Crippen LogP contribution in [0.25, 0.3) is 11.3 Å². The number of aryl methyl sites for hydroxylation is 1. The van der Waals surface area contributed by atoms with Crippen LogP contribution in [-0.4, -0.2) is 16.1 Å². The van der Waals surface area contributed by atoms with Crippen LogP contribution in [0.2, 0.25) is 5.15 Å². The maximum absolute atomic E-state index is 13.3. The molecule has 0 aliphatic carbocycles. The molecule has 0 saturated carbocycles. The Bertz CT molecular complexity index is 602. The number of aromatic nitrogens is 2. The summed E-state index contributed by atoms with van der Waals surface area (Å²) in [5, 5.41) is 0.331. The molecule has 0 bridgehead atoms. The van der Waals surface area contributed by atoms with Crippen molar-refractivity contribution in [2.45, 2.75) is 26.9 Å². The van der Waals surface area contributed by atoms with Gasteiger partial charge in [-0.25, -0.2) is 9.37 Å². The molecule has 19 heavy (non-hydrogen) atoms. The first-order valence-corrected chi connectivity index (χ1v) is 6.31. The van der Waals surface area contributed by atoms with Gasteiger partial charge in [0.2, 0.25) is 0 Å². The van der Waals surface area contributed by atoms with E-state index in [2.05, 4.69) is 9.97 Å². The molecule has 0 amide bonds. The monoisotopic (exact) mass is 280 g/mol. The third kappa shape index (κ3) is 3.20. The average Bonchev–Trinajstić information content (AvgIpc) is 2.32. The largest absolute Gasteiger partial charge is 0.490 e. The molecule has 3 nitrogen and oxygen atoms in total. The minimum atomic E-state index is -0.356. The second kappa shape index (κ2) is 5.53. The average molecular weight is 281 g/mol. The van der Waals surface area contributed by atoms with Crippen LogP contribution in [0.4, 0.5) is 4.39 Å². The standard InChI is InChI=1S/C14H14ClFN2O/c1-8(2)19-13-6-10(16)4-5-11(13)12-7-17-9(3)14(15)18-12/h4-8H,1-3H3. The van der Waals surface area contributed by atoms with E-state index in [1.165, 1.54) is 12.1 Å². The molecule has 0 aliphatic heterocycles. The lowest BCUT2D eigenvalue weighted by atomic mass is 10.1. The Kier molecular flexibility index (Phi) is 4.00. The van der Waals surface area contributed by atoms with Gasteiger partial charge in [0, 0.05) is 11.6 Å². The Hall–Kier alpha value is -1.68. The fraction of sp³-hybridized carbons (Fsp3) is 0.286. The maximum Gasteiger partial charge on any atom is 0.150 e. The van der Waals surface area contributed by atoms with E-state index in [1.54, 1.807) is 19.2 Å². The van der Waals surface area contributed by atoms with Crippen molar-refractivity contribution < 1.29 is 9.13 Å². The zero-order chi connectivity index (χ0) is 14.0. The Labute approximate surface area is 116 Å². The third-order valence-corrected chi connectivity index (χ3v) is 2.84. The molecule has 2 aromatic rings. The first-order valence-electron chi connectivity index (χ1n) is 5.93. The van der Waals surface area contributed by atoms with Gasteiger partial charge in [0.15, 0.2) is 5.15 Å². The number of halogens is 2. The normalized spacial score (nSPS) is 10.8. The van der Waals surface area contributed by atoms with E-state index in [-0.39, 0.29) is 11.9 Å². The van der Waals surface area contributed by atoms with E-state index in [0.717, 1.165) is 0 Å². The highest BCUT2D eigenvalue weighted by molar-refractivity contribution is 6.30. The molecule has 0 radical (unpaired) electrons. The number of nitrogens with zero attached hydrogens (tertiary/aromatic N) is 2. The van der Waals surface area contributed by atoms with Crippen molar-refractivity contribution in [1.82, 2.24) is 9.97 Å². The molecule has 1 heterocycles. The third-order valence-electron chi connectivity index (χ3n) is 2.48. The van der Waals surface area contributed by atoms with E-state index in [0.29, 0.717) is 27.9 Å². The molecule has 0 saturated heterocycles. The van der Waals surface area contributed by atoms with Gasteiger partial charge in [0.1, 0.15) is 11.6 Å². The second-order valence-corrected chi connectivity index (χ2v) is 4.80. The zero-order valence-electron chi connectivity index (χ0n) is 10.9. The molecule has 0 unspecified atom stereocenters. The summed E-state index contributed by atoms with van der Waals surface area (Å²) in [6.07, 6.45) is 1.54. The predicted molar refractivity (Wildman–Crippen MR) is 72.9 cm³/mol. The van der Waals surface area contributed by atoms with Gasteiger partial charge in [0.05, 0.1) is 23.7 Å². The smallest absolute Gasteiger partial charge is 0.150 e. The van der Waals surface area contributed by atoms with Crippen molar-refractivity contribution in [2.75, 3.05) is 0 Å². The summed E-state index contributed by atoms with van der Waals surface area (Å²) in [5.41, 5.74) is 1.88. The summed E-state index contributed by atoms with van der Waals surface area (Å²) in [6, 6.07) is 4.31. The molecule has 0 spiro atoms. The molecular weight excluding hydrogens is 267 g/mol. The predicted octanol–water partition coefficient (Wildman–Crippen LogP) is 4.03. The van der Waals surface area contributed by atoms with Crippen LogP contribution in [0, 0.1) is 12.7 Å². The zero-order valence-corrected chi connectivity index (χ0v) is 11.7. The number of ether oxygens (including phenoxy) is 1. The van der Waals surface area contributed by atoms with Gasteiger partial charge in [-0.05, 0) is 32.9 Å². The van der Waals surface area contributed by atoms with Crippen molar-refractivity contribution in [1.29, 1.82) is 0 Å². The number of rotatable bonds is 3. The Morgan fingerprint density at radius 2 is 2.05 bits per heavy atom.